The summed E-state index contributed by atoms with van der Waals surface area (Å²) in [4.78, 5) is 20.9. The Kier molecular flexibility index (Phi) is 5.80. The van der Waals surface area contributed by atoms with Gasteiger partial charge in [0.05, 0.1) is 35.7 Å². The number of hydrogen-bond donors (Lipinski definition) is 3. The van der Waals surface area contributed by atoms with Crippen molar-refractivity contribution in [2.75, 3.05) is 22.2 Å². The fraction of sp³-hybridized carbons (Fsp3) is 0.263. The van der Waals surface area contributed by atoms with Crippen LogP contribution in [0.5, 0.6) is 0 Å². The van der Waals surface area contributed by atoms with Gasteiger partial charge in [-0.25, -0.2) is 19.3 Å². The number of amides is 2. The fourth-order valence-corrected chi connectivity index (χ4v) is 3.66. The van der Waals surface area contributed by atoms with Crippen molar-refractivity contribution in [1.82, 2.24) is 19.6 Å². The summed E-state index contributed by atoms with van der Waals surface area (Å²) in [6, 6.07) is 0.110. The van der Waals surface area contributed by atoms with Gasteiger partial charge < -0.3 is 10.7 Å². The van der Waals surface area contributed by atoms with E-state index in [0.717, 1.165) is 31.6 Å². The topological polar surface area (TPSA) is 124 Å². The largest absolute Gasteiger partial charge is 0.420 e. The first-order valence-electron chi connectivity index (χ1n) is 9.81. The lowest BCUT2D eigenvalue weighted by atomic mass is 9.88. The quantitative estimate of drug-likeness (QED) is 0.272. The Hall–Kier alpha value is -4.31. The predicted octanol–water partition coefficient (Wildman–Crippen LogP) is 4.20. The zero-order valence-electron chi connectivity index (χ0n) is 17.9. The van der Waals surface area contributed by atoms with E-state index in [1.165, 1.54) is 0 Å². The van der Waals surface area contributed by atoms with Gasteiger partial charge in [0.2, 0.25) is 5.95 Å². The van der Waals surface area contributed by atoms with Crippen molar-refractivity contribution in [3.8, 4) is 0 Å². The minimum atomic E-state index is -4.94. The lowest BCUT2D eigenvalue weighted by molar-refractivity contribution is -0.181. The zero-order valence-corrected chi connectivity index (χ0v) is 17.9. The van der Waals surface area contributed by atoms with Gasteiger partial charge in [0.15, 0.2) is 11.5 Å². The third-order valence-corrected chi connectivity index (χ3v) is 5.36. The van der Waals surface area contributed by atoms with Crippen molar-refractivity contribution in [1.29, 1.82) is 5.41 Å². The average Bonchev–Trinajstić information content (AvgIpc) is 3.31. The number of halogens is 7. The van der Waals surface area contributed by atoms with Crippen LogP contribution in [0.4, 0.5) is 52.7 Å². The van der Waals surface area contributed by atoms with E-state index in [4.69, 9.17) is 5.41 Å². The molecular weight excluding hydrogens is 503 g/mol. The number of nitrogens with zero attached hydrogens (tertiary/aromatic N) is 6. The van der Waals surface area contributed by atoms with Gasteiger partial charge >= 0.3 is 18.4 Å². The lowest BCUT2D eigenvalue weighted by Crippen LogP contribution is -2.46. The molecule has 0 aliphatic carbocycles. The van der Waals surface area contributed by atoms with Crippen LogP contribution in [0.1, 0.15) is 18.2 Å². The van der Waals surface area contributed by atoms with Gasteiger partial charge in [-0.3, -0.25) is 10.3 Å². The van der Waals surface area contributed by atoms with Crippen molar-refractivity contribution in [2.45, 2.75) is 24.7 Å². The second-order valence-electron chi connectivity index (χ2n) is 7.75. The molecular formula is C19H14F7N9O. The summed E-state index contributed by atoms with van der Waals surface area (Å²) in [5, 5.41) is 15.7. The highest BCUT2D eigenvalue weighted by Crippen LogP contribution is 2.50. The minimum Gasteiger partial charge on any atom is -0.307 e. The maximum atomic E-state index is 14.1. The van der Waals surface area contributed by atoms with Crippen molar-refractivity contribution in [3.63, 3.8) is 0 Å². The molecule has 190 valence electrons. The van der Waals surface area contributed by atoms with Crippen molar-refractivity contribution < 1.29 is 35.5 Å². The number of alkyl halides is 6. The SMILES string of the molecule is C[C@]1(C(F)(F)F)CN(C(=O)Nc2cnc(N/N=C\C=N)c(C(F)(F)F)c2)c2cnc3cc(F)nn3c21. The van der Waals surface area contributed by atoms with Crippen LogP contribution in [0.3, 0.4) is 0 Å². The second kappa shape index (κ2) is 8.42. The summed E-state index contributed by atoms with van der Waals surface area (Å²) in [6.45, 7) is -0.186. The molecule has 10 nitrogen and oxygen atoms in total. The summed E-state index contributed by atoms with van der Waals surface area (Å²) in [5.41, 5.74) is -3.64. The lowest BCUT2D eigenvalue weighted by Gasteiger charge is -2.28. The molecule has 0 aromatic carbocycles. The second-order valence-corrected chi connectivity index (χ2v) is 7.75. The van der Waals surface area contributed by atoms with Gasteiger partial charge in [-0.2, -0.15) is 35.8 Å². The number of nitrogens with one attached hydrogen (secondary N) is 3. The third kappa shape index (κ3) is 4.16. The van der Waals surface area contributed by atoms with Crippen LogP contribution in [-0.4, -0.2) is 50.8 Å². The zero-order chi connectivity index (χ0) is 26.5. The van der Waals surface area contributed by atoms with E-state index in [1.54, 1.807) is 0 Å². The maximum Gasteiger partial charge on any atom is 0.420 e. The number of carbonyl (C=O) groups is 1. The summed E-state index contributed by atoms with van der Waals surface area (Å²) < 4.78 is 97.1. The fourth-order valence-electron chi connectivity index (χ4n) is 3.66. The predicted molar refractivity (Wildman–Crippen MR) is 113 cm³/mol. The first kappa shape index (κ1) is 24.8. The summed E-state index contributed by atoms with van der Waals surface area (Å²) in [7, 11) is 0. The van der Waals surface area contributed by atoms with Crippen LogP contribution >= 0.6 is 0 Å². The van der Waals surface area contributed by atoms with E-state index in [0.29, 0.717) is 21.7 Å². The molecule has 0 saturated carbocycles. The standard InChI is InChI=1S/C19H14F7N9O/c1-17(19(24,25)26)8-34(11-7-28-13-5-12(20)33-35(13)14(11)17)16(36)31-9-4-10(18(21,22)23)15(29-6-9)32-30-3-2-27/h2-7,27H,8H2,1H3,(H,29,32)(H,31,36)/b27-2?,30-3-/t17-/m0/s1. The molecule has 3 N–H and O–H groups in total. The van der Waals surface area contributed by atoms with E-state index in [9.17, 15) is 35.5 Å². The molecule has 4 rings (SSSR count). The molecule has 1 aliphatic rings. The Morgan fingerprint density at radius 3 is 2.56 bits per heavy atom. The number of hydrogen-bond acceptors (Lipinski definition) is 7. The van der Waals surface area contributed by atoms with Gasteiger partial charge in [-0.15, -0.1) is 5.10 Å². The van der Waals surface area contributed by atoms with Crippen LogP contribution in [-0.2, 0) is 11.6 Å². The number of urea groups is 1. The number of hydrazone groups is 1. The van der Waals surface area contributed by atoms with E-state index in [2.05, 4.69) is 25.5 Å². The highest BCUT2D eigenvalue weighted by molar-refractivity contribution is 6.14. The number of rotatable bonds is 4. The maximum absolute atomic E-state index is 14.1. The van der Waals surface area contributed by atoms with E-state index >= 15 is 0 Å². The normalized spacial score (nSPS) is 18.1. The third-order valence-electron chi connectivity index (χ3n) is 5.36. The molecule has 3 aromatic rings. The molecule has 0 radical (unpaired) electrons. The average molecular weight is 517 g/mol. The first-order valence-corrected chi connectivity index (χ1v) is 9.81. The Labute approximate surface area is 196 Å². The Morgan fingerprint density at radius 1 is 1.19 bits per heavy atom. The van der Waals surface area contributed by atoms with Crippen LogP contribution in [0.15, 0.2) is 29.6 Å². The summed E-state index contributed by atoms with van der Waals surface area (Å²) in [6.07, 6.45) is -6.53. The van der Waals surface area contributed by atoms with E-state index in [1.807, 2.05) is 5.43 Å². The summed E-state index contributed by atoms with van der Waals surface area (Å²) in [5.74, 6) is -1.82. The van der Waals surface area contributed by atoms with Gasteiger partial charge in [0, 0.05) is 18.8 Å². The molecule has 2 amide bonds. The molecule has 0 spiro atoms. The molecule has 1 atom stereocenters. The number of pyridine rings is 1. The Bertz CT molecular complexity index is 1380. The van der Waals surface area contributed by atoms with Crippen molar-refractivity contribution >= 4 is 41.3 Å². The molecule has 0 bridgehead atoms. The first-order chi connectivity index (χ1) is 16.8. The number of anilines is 3. The molecule has 3 aromatic heterocycles. The van der Waals surface area contributed by atoms with E-state index < -0.39 is 59.1 Å². The van der Waals surface area contributed by atoms with Crippen LogP contribution in [0.2, 0.25) is 0 Å². The van der Waals surface area contributed by atoms with Crippen LogP contribution < -0.4 is 15.6 Å². The Balaban J connectivity index is 1.72. The highest BCUT2D eigenvalue weighted by atomic mass is 19.4. The van der Waals surface area contributed by atoms with Crippen LogP contribution in [0, 0.1) is 11.4 Å². The highest BCUT2D eigenvalue weighted by Gasteiger charge is 2.60. The van der Waals surface area contributed by atoms with Gasteiger partial charge in [-0.05, 0) is 13.0 Å². The smallest absolute Gasteiger partial charge is 0.307 e. The van der Waals surface area contributed by atoms with E-state index in [-0.39, 0.29) is 11.3 Å². The summed E-state index contributed by atoms with van der Waals surface area (Å²) >= 11 is 0. The molecule has 0 unspecified atom stereocenters. The minimum absolute atomic E-state index is 0.225. The molecule has 4 heterocycles. The molecule has 0 saturated heterocycles. The van der Waals surface area contributed by atoms with Crippen molar-refractivity contribution in [3.05, 3.63) is 41.7 Å². The number of aromatic nitrogens is 4. The molecule has 1 aliphatic heterocycles. The van der Waals surface area contributed by atoms with Crippen molar-refractivity contribution in [2.24, 2.45) is 5.10 Å². The number of fused-ring (bicyclic) bond motifs is 3. The van der Waals surface area contributed by atoms with Gasteiger partial charge in [-0.1, -0.05) is 0 Å². The number of carbonyl (C=O) groups excluding carboxylic acids is 1. The van der Waals surface area contributed by atoms with Crippen LogP contribution in [0.25, 0.3) is 5.65 Å². The van der Waals surface area contributed by atoms with Gasteiger partial charge in [0.25, 0.3) is 0 Å². The molecule has 0 fully saturated rings. The monoisotopic (exact) mass is 517 g/mol. The van der Waals surface area contributed by atoms with Gasteiger partial charge in [0.1, 0.15) is 11.0 Å². The molecule has 36 heavy (non-hydrogen) atoms. The Morgan fingerprint density at radius 2 is 1.92 bits per heavy atom. The molecule has 17 heteroatoms.